The number of sulfonamides is 1. The second kappa shape index (κ2) is 6.66. The van der Waals surface area contributed by atoms with Gasteiger partial charge in [0.2, 0.25) is 10.0 Å². The Labute approximate surface area is 160 Å². The fourth-order valence-electron chi connectivity index (χ4n) is 2.98. The van der Waals surface area contributed by atoms with Crippen molar-refractivity contribution < 1.29 is 17.9 Å². The van der Waals surface area contributed by atoms with Gasteiger partial charge >= 0.3 is 4.87 Å². The van der Waals surface area contributed by atoms with Crippen molar-refractivity contribution in [2.45, 2.75) is 17.9 Å². The van der Waals surface area contributed by atoms with E-state index in [-0.39, 0.29) is 9.77 Å². The normalized spacial score (nSPS) is 15.0. The second-order valence-electron chi connectivity index (χ2n) is 6.30. The van der Waals surface area contributed by atoms with Gasteiger partial charge in [-0.05, 0) is 42.8 Å². The minimum atomic E-state index is -3.75. The fourth-order valence-corrected chi connectivity index (χ4v) is 5.23. The van der Waals surface area contributed by atoms with Crippen molar-refractivity contribution in [1.29, 1.82) is 0 Å². The van der Waals surface area contributed by atoms with Crippen molar-refractivity contribution in [2.75, 3.05) is 13.2 Å². The number of nitrogens with zero attached hydrogens (tertiary/aromatic N) is 1. The third kappa shape index (κ3) is 3.33. The molecule has 0 unspecified atom stereocenters. The van der Waals surface area contributed by atoms with Crippen molar-refractivity contribution in [2.24, 2.45) is 7.05 Å². The molecule has 7 nitrogen and oxygen atoms in total. The number of fused-ring (bicyclic) bond motifs is 2. The van der Waals surface area contributed by atoms with Gasteiger partial charge in [0.15, 0.2) is 11.5 Å². The number of hydrogen-bond donors (Lipinski definition) is 1. The van der Waals surface area contributed by atoms with Gasteiger partial charge in [0.25, 0.3) is 0 Å². The summed E-state index contributed by atoms with van der Waals surface area (Å²) in [5, 5.41) is 0. The molecular weight excluding hydrogens is 388 g/mol. The minimum absolute atomic E-state index is 0.126. The zero-order chi connectivity index (χ0) is 19.2. The Morgan fingerprint density at radius 2 is 1.85 bits per heavy atom. The third-order valence-electron chi connectivity index (χ3n) is 4.47. The van der Waals surface area contributed by atoms with Crippen LogP contribution in [0.1, 0.15) is 18.5 Å². The van der Waals surface area contributed by atoms with E-state index in [4.69, 9.17) is 9.47 Å². The van der Waals surface area contributed by atoms with E-state index in [9.17, 15) is 13.2 Å². The van der Waals surface area contributed by atoms with Crippen molar-refractivity contribution in [3.05, 3.63) is 51.6 Å². The summed E-state index contributed by atoms with van der Waals surface area (Å²) in [7, 11) is -2.09. The highest BCUT2D eigenvalue weighted by Gasteiger charge is 2.21. The lowest BCUT2D eigenvalue weighted by Gasteiger charge is -2.21. The number of rotatable bonds is 4. The molecule has 0 saturated carbocycles. The SMILES string of the molecule is C[C@H](NS(=O)(=O)c1ccc2c(c1)sc(=O)n2C)c1ccc2c(c1)OCCO2. The molecular formula is C18H18N2O5S2. The van der Waals surface area contributed by atoms with Crippen molar-refractivity contribution >= 4 is 31.6 Å². The maximum Gasteiger partial charge on any atom is 0.307 e. The summed E-state index contributed by atoms with van der Waals surface area (Å²) in [6.07, 6.45) is 0. The number of hydrogen-bond acceptors (Lipinski definition) is 6. The second-order valence-corrected chi connectivity index (χ2v) is 9.01. The molecule has 0 fully saturated rings. The van der Waals surface area contributed by atoms with E-state index < -0.39 is 16.1 Å². The first-order valence-corrected chi connectivity index (χ1v) is 10.7. The molecule has 27 heavy (non-hydrogen) atoms. The molecule has 4 rings (SSSR count). The molecule has 0 aliphatic carbocycles. The van der Waals surface area contributed by atoms with Gasteiger partial charge < -0.3 is 14.0 Å². The van der Waals surface area contributed by atoms with Crippen LogP contribution in [0.15, 0.2) is 46.1 Å². The van der Waals surface area contributed by atoms with Crippen LogP contribution in [0.4, 0.5) is 0 Å². The number of nitrogens with one attached hydrogen (secondary N) is 1. The number of thiazole rings is 1. The molecule has 3 aromatic rings. The largest absolute Gasteiger partial charge is 0.486 e. The van der Waals surface area contributed by atoms with Crippen LogP contribution >= 0.6 is 11.3 Å². The Bertz CT molecular complexity index is 1180. The first-order valence-electron chi connectivity index (χ1n) is 8.36. The average molecular weight is 406 g/mol. The zero-order valence-electron chi connectivity index (χ0n) is 14.8. The molecule has 9 heteroatoms. The first-order chi connectivity index (χ1) is 12.8. The van der Waals surface area contributed by atoms with Gasteiger partial charge in [0.1, 0.15) is 13.2 Å². The minimum Gasteiger partial charge on any atom is -0.486 e. The van der Waals surface area contributed by atoms with Crippen LogP contribution in [0, 0.1) is 0 Å². The molecule has 2 heterocycles. The van der Waals surface area contributed by atoms with Crippen LogP contribution in [0.2, 0.25) is 0 Å². The Balaban J connectivity index is 1.62. The van der Waals surface area contributed by atoms with Crippen LogP contribution in [0.3, 0.4) is 0 Å². The van der Waals surface area contributed by atoms with E-state index in [0.717, 1.165) is 16.9 Å². The molecule has 142 valence electrons. The Hall–Kier alpha value is -2.36. The summed E-state index contributed by atoms with van der Waals surface area (Å²) in [5.74, 6) is 1.27. The Morgan fingerprint density at radius 3 is 2.63 bits per heavy atom. The monoisotopic (exact) mass is 406 g/mol. The molecule has 1 aliphatic heterocycles. The quantitative estimate of drug-likeness (QED) is 0.719. The van der Waals surface area contributed by atoms with Crippen LogP contribution in [-0.4, -0.2) is 26.2 Å². The maximum atomic E-state index is 12.8. The Morgan fingerprint density at radius 1 is 1.11 bits per heavy atom. The number of aromatic nitrogens is 1. The highest BCUT2D eigenvalue weighted by molar-refractivity contribution is 7.89. The van der Waals surface area contributed by atoms with E-state index in [1.807, 2.05) is 6.07 Å². The number of benzene rings is 2. The van der Waals surface area contributed by atoms with E-state index in [1.54, 1.807) is 32.2 Å². The average Bonchev–Trinajstić information content (AvgIpc) is 2.94. The highest BCUT2D eigenvalue weighted by atomic mass is 32.2. The van der Waals surface area contributed by atoms with E-state index in [1.165, 1.54) is 16.7 Å². The van der Waals surface area contributed by atoms with Gasteiger partial charge in [-0.3, -0.25) is 4.79 Å². The summed E-state index contributed by atoms with van der Waals surface area (Å²) < 4.78 is 41.4. The highest BCUT2D eigenvalue weighted by Crippen LogP contribution is 2.33. The van der Waals surface area contributed by atoms with Gasteiger partial charge in [-0.25, -0.2) is 13.1 Å². The summed E-state index contributed by atoms with van der Waals surface area (Å²) in [5.41, 5.74) is 1.48. The van der Waals surface area contributed by atoms with Gasteiger partial charge in [-0.15, -0.1) is 0 Å². The molecule has 0 spiro atoms. The van der Waals surface area contributed by atoms with Gasteiger partial charge in [-0.2, -0.15) is 0 Å². The van der Waals surface area contributed by atoms with Gasteiger partial charge in [0.05, 0.1) is 15.1 Å². The third-order valence-corrected chi connectivity index (χ3v) is 7.01. The van der Waals surface area contributed by atoms with Crippen LogP contribution < -0.4 is 19.1 Å². The molecule has 1 N–H and O–H groups in total. The number of ether oxygens (including phenoxy) is 2. The lowest BCUT2D eigenvalue weighted by atomic mass is 10.1. The summed E-state index contributed by atoms with van der Waals surface area (Å²) in [6, 6.07) is 9.60. The molecule has 0 bridgehead atoms. The number of aryl methyl sites for hydroxylation is 1. The van der Waals surface area contributed by atoms with Crippen LogP contribution in [0.5, 0.6) is 11.5 Å². The zero-order valence-corrected chi connectivity index (χ0v) is 16.4. The molecule has 1 atom stereocenters. The predicted molar refractivity (Wildman–Crippen MR) is 103 cm³/mol. The molecule has 0 radical (unpaired) electrons. The first kappa shape index (κ1) is 18.0. The van der Waals surface area contributed by atoms with E-state index in [2.05, 4.69) is 4.72 Å². The predicted octanol–water partition coefficient (Wildman–Crippen LogP) is 2.41. The van der Waals surface area contributed by atoms with Crippen molar-refractivity contribution in [3.63, 3.8) is 0 Å². The molecule has 2 aromatic carbocycles. The van der Waals surface area contributed by atoms with Gasteiger partial charge in [0, 0.05) is 13.1 Å². The maximum absolute atomic E-state index is 12.8. The summed E-state index contributed by atoms with van der Waals surface area (Å²) in [6.45, 7) is 2.74. The summed E-state index contributed by atoms with van der Waals surface area (Å²) >= 11 is 1.02. The smallest absolute Gasteiger partial charge is 0.307 e. The molecule has 0 amide bonds. The fraction of sp³-hybridized carbons (Fsp3) is 0.278. The molecule has 1 aromatic heterocycles. The van der Waals surface area contributed by atoms with Crippen LogP contribution in [0.25, 0.3) is 10.2 Å². The van der Waals surface area contributed by atoms with Crippen LogP contribution in [-0.2, 0) is 17.1 Å². The van der Waals surface area contributed by atoms with E-state index >= 15 is 0 Å². The molecule has 0 saturated heterocycles. The van der Waals surface area contributed by atoms with Crippen molar-refractivity contribution in [1.82, 2.24) is 9.29 Å². The lowest BCUT2D eigenvalue weighted by Crippen LogP contribution is -2.27. The topological polar surface area (TPSA) is 86.6 Å². The lowest BCUT2D eigenvalue weighted by molar-refractivity contribution is 0.171. The molecule has 1 aliphatic rings. The standard InChI is InChI=1S/C18H18N2O5S2/c1-11(12-3-6-15-16(9-12)25-8-7-24-15)19-27(22,23)13-4-5-14-17(10-13)26-18(21)20(14)2/h3-6,9-11,19H,7-8H2,1-2H3/t11-/m0/s1. The van der Waals surface area contributed by atoms with Crippen molar-refractivity contribution in [3.8, 4) is 11.5 Å². The van der Waals surface area contributed by atoms with Gasteiger partial charge in [-0.1, -0.05) is 17.4 Å². The summed E-state index contributed by atoms with van der Waals surface area (Å²) in [4.78, 5) is 11.8. The Kier molecular flexibility index (Phi) is 4.45. The van der Waals surface area contributed by atoms with E-state index in [0.29, 0.717) is 34.9 Å².